The molecule has 2 bridgehead atoms. The van der Waals surface area contributed by atoms with Crippen LogP contribution in [0.3, 0.4) is 0 Å². The minimum absolute atomic E-state index is 0.0822. The van der Waals surface area contributed by atoms with Gasteiger partial charge in [0.15, 0.2) is 5.82 Å². The normalized spacial score (nSPS) is 24.4. The van der Waals surface area contributed by atoms with Gasteiger partial charge in [0.2, 0.25) is 0 Å². The zero-order chi connectivity index (χ0) is 22.3. The monoisotopic (exact) mass is 440 g/mol. The Labute approximate surface area is 192 Å². The first-order valence-corrected chi connectivity index (χ1v) is 12.1. The van der Waals surface area contributed by atoms with Crippen LogP contribution in [0.4, 0.5) is 0 Å². The predicted octanol–water partition coefficient (Wildman–Crippen LogP) is 3.56. The first kappa shape index (κ1) is 19.3. The molecule has 1 aromatic carbocycles. The summed E-state index contributed by atoms with van der Waals surface area (Å²) in [5, 5.41) is 1.14. The molecule has 2 aliphatic carbocycles. The van der Waals surface area contributed by atoms with Crippen LogP contribution in [0.5, 0.6) is 0 Å². The Bertz CT molecular complexity index is 1410. The van der Waals surface area contributed by atoms with Gasteiger partial charge in [-0.1, -0.05) is 0 Å². The second-order valence-corrected chi connectivity index (χ2v) is 10.1. The van der Waals surface area contributed by atoms with E-state index in [-0.39, 0.29) is 18.0 Å². The number of nitrogens with two attached hydrogens (primary N) is 1. The van der Waals surface area contributed by atoms with E-state index in [1.807, 2.05) is 35.4 Å². The fourth-order valence-electron chi connectivity index (χ4n) is 6.03. The SMILES string of the molecule is Cn1c(-c2cc3cccnc3n2CC2CC2)nc2cc(C(=O)N3C[C@H]4CCC3C4N)ccc21. The van der Waals surface area contributed by atoms with Crippen molar-refractivity contribution in [2.24, 2.45) is 24.6 Å². The number of rotatable bonds is 4. The number of hydrogen-bond donors (Lipinski definition) is 1. The van der Waals surface area contributed by atoms with Crippen LogP contribution in [0.1, 0.15) is 36.0 Å². The summed E-state index contributed by atoms with van der Waals surface area (Å²) in [7, 11) is 2.05. The molecule has 3 atom stereocenters. The van der Waals surface area contributed by atoms with E-state index in [1.165, 1.54) is 12.8 Å². The first-order valence-electron chi connectivity index (χ1n) is 12.1. The molecule has 168 valence electrons. The summed E-state index contributed by atoms with van der Waals surface area (Å²) in [4.78, 5) is 25.0. The number of aryl methyl sites for hydroxylation is 1. The van der Waals surface area contributed by atoms with Gasteiger partial charge in [-0.15, -0.1) is 0 Å². The second kappa shape index (κ2) is 6.90. The third-order valence-electron chi connectivity index (χ3n) is 8.06. The molecule has 3 aliphatic rings. The van der Waals surface area contributed by atoms with Gasteiger partial charge < -0.3 is 19.8 Å². The average Bonchev–Trinajstić information content (AvgIpc) is 3.24. The van der Waals surface area contributed by atoms with E-state index in [9.17, 15) is 4.79 Å². The van der Waals surface area contributed by atoms with Crippen LogP contribution in [0, 0.1) is 11.8 Å². The fraction of sp³-hybridized carbons (Fsp3) is 0.423. The van der Waals surface area contributed by atoms with Crippen molar-refractivity contribution < 1.29 is 4.79 Å². The lowest BCUT2D eigenvalue weighted by Gasteiger charge is -2.27. The predicted molar refractivity (Wildman–Crippen MR) is 128 cm³/mol. The molecule has 7 heteroatoms. The lowest BCUT2D eigenvalue weighted by atomic mass is 10.1. The van der Waals surface area contributed by atoms with E-state index >= 15 is 0 Å². The van der Waals surface area contributed by atoms with Gasteiger partial charge in [-0.25, -0.2) is 9.97 Å². The molecular formula is C26H28N6O. The number of piperidine rings is 1. The van der Waals surface area contributed by atoms with Crippen molar-refractivity contribution in [1.29, 1.82) is 0 Å². The maximum atomic E-state index is 13.3. The molecule has 0 spiro atoms. The van der Waals surface area contributed by atoms with Gasteiger partial charge in [0.05, 0.1) is 16.7 Å². The Kier molecular flexibility index (Phi) is 4.04. The third kappa shape index (κ3) is 2.88. The summed E-state index contributed by atoms with van der Waals surface area (Å²) >= 11 is 0. The highest BCUT2D eigenvalue weighted by molar-refractivity contribution is 5.98. The van der Waals surface area contributed by atoms with E-state index in [4.69, 9.17) is 10.7 Å². The van der Waals surface area contributed by atoms with Crippen LogP contribution in [-0.4, -0.2) is 48.5 Å². The van der Waals surface area contributed by atoms with Crippen molar-refractivity contribution in [2.45, 2.75) is 44.3 Å². The van der Waals surface area contributed by atoms with Crippen LogP contribution < -0.4 is 5.73 Å². The van der Waals surface area contributed by atoms with Gasteiger partial charge in [0.1, 0.15) is 5.65 Å². The first-order chi connectivity index (χ1) is 16.1. The summed E-state index contributed by atoms with van der Waals surface area (Å²) < 4.78 is 4.46. The summed E-state index contributed by atoms with van der Waals surface area (Å²) in [6.45, 7) is 1.75. The summed E-state index contributed by atoms with van der Waals surface area (Å²) in [5.74, 6) is 2.17. The molecule has 7 rings (SSSR count). The van der Waals surface area contributed by atoms with Crippen molar-refractivity contribution in [1.82, 2.24) is 24.0 Å². The maximum absolute atomic E-state index is 13.3. The van der Waals surface area contributed by atoms with Crippen molar-refractivity contribution >= 4 is 28.0 Å². The Morgan fingerprint density at radius 3 is 2.79 bits per heavy atom. The Balaban J connectivity index is 1.30. The number of hydrogen-bond acceptors (Lipinski definition) is 4. The van der Waals surface area contributed by atoms with Gasteiger partial charge in [-0.2, -0.15) is 0 Å². The number of carbonyl (C=O) groups is 1. The number of aromatic nitrogens is 4. The highest BCUT2D eigenvalue weighted by Crippen LogP contribution is 2.38. The topological polar surface area (TPSA) is 82.0 Å². The molecule has 1 amide bonds. The Morgan fingerprint density at radius 2 is 2.03 bits per heavy atom. The molecular weight excluding hydrogens is 412 g/mol. The molecule has 0 radical (unpaired) electrons. The van der Waals surface area contributed by atoms with Gasteiger partial charge in [0.25, 0.3) is 5.91 Å². The van der Waals surface area contributed by atoms with E-state index in [0.717, 1.165) is 65.4 Å². The molecule has 7 nitrogen and oxygen atoms in total. The van der Waals surface area contributed by atoms with Crippen molar-refractivity contribution in [3.63, 3.8) is 0 Å². The van der Waals surface area contributed by atoms with Crippen molar-refractivity contribution in [3.05, 3.63) is 48.2 Å². The molecule has 2 unspecified atom stereocenters. The fourth-order valence-corrected chi connectivity index (χ4v) is 6.03. The highest BCUT2D eigenvalue weighted by atomic mass is 16.2. The van der Waals surface area contributed by atoms with Crippen LogP contribution >= 0.6 is 0 Å². The van der Waals surface area contributed by atoms with Gasteiger partial charge >= 0.3 is 0 Å². The minimum atomic E-state index is 0.0822. The molecule has 3 aromatic heterocycles. The van der Waals surface area contributed by atoms with Crippen LogP contribution in [0.15, 0.2) is 42.6 Å². The summed E-state index contributed by atoms with van der Waals surface area (Å²) in [6, 6.07) is 12.5. The minimum Gasteiger partial charge on any atom is -0.334 e. The van der Waals surface area contributed by atoms with Gasteiger partial charge in [-0.05, 0) is 73.9 Å². The zero-order valence-corrected chi connectivity index (χ0v) is 18.8. The quantitative estimate of drug-likeness (QED) is 0.526. The van der Waals surface area contributed by atoms with Crippen molar-refractivity contribution in [3.8, 4) is 11.5 Å². The van der Waals surface area contributed by atoms with Crippen molar-refractivity contribution in [2.75, 3.05) is 6.54 Å². The number of amides is 1. The standard InChI is InChI=1S/C26H28N6O/c1-30-20-8-6-17(26(33)32-14-18-7-9-21(32)23(18)27)11-19(20)29-25(30)22-12-16-3-2-10-28-24(16)31(22)13-15-4-5-15/h2-3,6,8,10-12,15,18,21,23H,4-5,7,9,13-14,27H2,1H3/t18-,21?,23?/m1/s1. The largest absolute Gasteiger partial charge is 0.334 e. The van der Waals surface area contributed by atoms with Crippen LogP contribution in [0.25, 0.3) is 33.6 Å². The lowest BCUT2D eigenvalue weighted by Crippen LogP contribution is -2.41. The molecule has 3 fully saturated rings. The smallest absolute Gasteiger partial charge is 0.254 e. The third-order valence-corrected chi connectivity index (χ3v) is 8.06. The van der Waals surface area contributed by atoms with E-state index in [0.29, 0.717) is 11.5 Å². The van der Waals surface area contributed by atoms with E-state index in [2.05, 4.69) is 33.3 Å². The highest BCUT2D eigenvalue weighted by Gasteiger charge is 2.46. The van der Waals surface area contributed by atoms with E-state index in [1.54, 1.807) is 0 Å². The summed E-state index contributed by atoms with van der Waals surface area (Å²) in [5.41, 5.74) is 11.0. The zero-order valence-electron chi connectivity index (χ0n) is 18.8. The summed E-state index contributed by atoms with van der Waals surface area (Å²) in [6.07, 6.45) is 6.58. The Morgan fingerprint density at radius 1 is 1.15 bits per heavy atom. The number of pyridine rings is 1. The van der Waals surface area contributed by atoms with Gasteiger partial charge in [0, 0.05) is 49.4 Å². The Hall–Kier alpha value is -3.19. The molecule has 2 N–H and O–H groups in total. The molecule has 1 saturated heterocycles. The average molecular weight is 441 g/mol. The molecule has 4 heterocycles. The maximum Gasteiger partial charge on any atom is 0.254 e. The number of fused-ring (bicyclic) bond motifs is 4. The number of carbonyl (C=O) groups excluding carboxylic acids is 1. The second-order valence-electron chi connectivity index (χ2n) is 10.1. The van der Waals surface area contributed by atoms with Gasteiger partial charge in [-0.3, -0.25) is 4.79 Å². The molecule has 4 aromatic rings. The van der Waals surface area contributed by atoms with Crippen LogP contribution in [-0.2, 0) is 13.6 Å². The molecule has 2 saturated carbocycles. The molecule has 33 heavy (non-hydrogen) atoms. The number of benzene rings is 1. The number of nitrogens with zero attached hydrogens (tertiary/aromatic N) is 5. The lowest BCUT2D eigenvalue weighted by molar-refractivity contribution is 0.0701. The van der Waals surface area contributed by atoms with E-state index < -0.39 is 0 Å². The molecule has 1 aliphatic heterocycles. The number of imidazole rings is 1. The van der Waals surface area contributed by atoms with Crippen LogP contribution in [0.2, 0.25) is 0 Å². The number of likely N-dealkylation sites (tertiary alicyclic amines) is 1.